The van der Waals surface area contributed by atoms with Crippen LogP contribution in [0.5, 0.6) is 0 Å². The molecule has 0 aromatic carbocycles. The smallest absolute Gasteiger partial charge is 0.257 e. The number of amides is 1. The highest BCUT2D eigenvalue weighted by Crippen LogP contribution is 2.20. The molecule has 0 bridgehead atoms. The number of aryl methyl sites for hydroxylation is 2. The summed E-state index contributed by atoms with van der Waals surface area (Å²) in [6, 6.07) is 0. The zero-order valence-corrected chi connectivity index (χ0v) is 11.5. The van der Waals surface area contributed by atoms with Gasteiger partial charge >= 0.3 is 0 Å². The average Bonchev–Trinajstić information content (AvgIpc) is 3.07. The molecule has 0 spiro atoms. The largest absolute Gasteiger partial charge is 0.367 e. The summed E-state index contributed by atoms with van der Waals surface area (Å²) in [6.07, 6.45) is 4.88. The summed E-state index contributed by atoms with van der Waals surface area (Å²) in [5, 5.41) is 4.03. The Kier molecular flexibility index (Phi) is 3.27. The van der Waals surface area contributed by atoms with Gasteiger partial charge in [0.1, 0.15) is 11.9 Å². The molecule has 7 nitrogen and oxygen atoms in total. The lowest BCUT2D eigenvalue weighted by molar-refractivity contribution is -0.0264. The quantitative estimate of drug-likeness (QED) is 0.873. The lowest BCUT2D eigenvalue weighted by Crippen LogP contribution is -2.42. The molecule has 2 aromatic heterocycles. The van der Waals surface area contributed by atoms with Crippen LogP contribution in [0, 0.1) is 6.92 Å². The van der Waals surface area contributed by atoms with Crippen molar-refractivity contribution in [2.45, 2.75) is 13.0 Å². The van der Waals surface area contributed by atoms with Gasteiger partial charge in [0.15, 0.2) is 0 Å². The highest BCUT2D eigenvalue weighted by Gasteiger charge is 2.28. The molecule has 0 saturated carbocycles. The predicted molar refractivity (Wildman–Crippen MR) is 71.1 cm³/mol. The van der Waals surface area contributed by atoms with Crippen LogP contribution in [0.2, 0.25) is 0 Å². The summed E-state index contributed by atoms with van der Waals surface area (Å²) >= 11 is 0. The first-order valence-corrected chi connectivity index (χ1v) is 6.54. The molecule has 0 aliphatic carbocycles. The van der Waals surface area contributed by atoms with Gasteiger partial charge in [-0.1, -0.05) is 0 Å². The second-order valence-electron chi connectivity index (χ2n) is 4.96. The number of ether oxygens (including phenoxy) is 1. The number of hydrogen-bond donors (Lipinski definition) is 1. The minimum absolute atomic E-state index is 0.0188. The van der Waals surface area contributed by atoms with Crippen molar-refractivity contribution in [3.63, 3.8) is 0 Å². The molecule has 1 N–H and O–H groups in total. The van der Waals surface area contributed by atoms with E-state index >= 15 is 0 Å². The molecule has 1 unspecified atom stereocenters. The molecule has 1 atom stereocenters. The fraction of sp³-hybridized carbons (Fsp3) is 0.462. The Morgan fingerprint density at radius 3 is 3.00 bits per heavy atom. The van der Waals surface area contributed by atoms with Crippen LogP contribution >= 0.6 is 0 Å². The summed E-state index contributed by atoms with van der Waals surface area (Å²) in [4.78, 5) is 21.6. The molecule has 7 heteroatoms. The van der Waals surface area contributed by atoms with Crippen LogP contribution in [0.4, 0.5) is 0 Å². The molecule has 1 amide bonds. The first-order valence-electron chi connectivity index (χ1n) is 6.54. The van der Waals surface area contributed by atoms with E-state index in [-0.39, 0.29) is 12.0 Å². The van der Waals surface area contributed by atoms with Gasteiger partial charge in [-0.15, -0.1) is 0 Å². The van der Waals surface area contributed by atoms with E-state index in [1.807, 2.05) is 6.92 Å². The van der Waals surface area contributed by atoms with Gasteiger partial charge in [0, 0.05) is 31.7 Å². The normalized spacial score (nSPS) is 19.3. The number of carbonyl (C=O) groups is 1. The first kappa shape index (κ1) is 12.9. The highest BCUT2D eigenvalue weighted by atomic mass is 16.5. The summed E-state index contributed by atoms with van der Waals surface area (Å²) in [5.74, 6) is 0.751. The van der Waals surface area contributed by atoms with E-state index in [1.165, 1.54) is 0 Å². The molecule has 0 radical (unpaired) electrons. The van der Waals surface area contributed by atoms with E-state index in [0.29, 0.717) is 25.3 Å². The number of aromatic nitrogens is 4. The number of H-pyrrole nitrogens is 1. The molecule has 3 heterocycles. The van der Waals surface area contributed by atoms with E-state index < -0.39 is 0 Å². The Morgan fingerprint density at radius 2 is 2.35 bits per heavy atom. The van der Waals surface area contributed by atoms with Crippen molar-refractivity contribution in [3.8, 4) is 0 Å². The number of nitrogens with one attached hydrogen (secondary N) is 1. The van der Waals surface area contributed by atoms with Crippen molar-refractivity contribution in [2.75, 3.05) is 19.7 Å². The van der Waals surface area contributed by atoms with Gasteiger partial charge in [-0.3, -0.25) is 9.48 Å². The number of imidazole rings is 1. The van der Waals surface area contributed by atoms with E-state index in [2.05, 4.69) is 15.1 Å². The molecular formula is C13H17N5O2. The number of aromatic amines is 1. The Labute approximate surface area is 116 Å². The molecule has 1 aliphatic heterocycles. The fourth-order valence-electron chi connectivity index (χ4n) is 2.31. The maximum Gasteiger partial charge on any atom is 0.257 e. The van der Waals surface area contributed by atoms with Crippen LogP contribution in [0.15, 0.2) is 18.6 Å². The van der Waals surface area contributed by atoms with Gasteiger partial charge < -0.3 is 14.6 Å². The Bertz CT molecular complexity index is 618. The van der Waals surface area contributed by atoms with Crippen molar-refractivity contribution < 1.29 is 9.53 Å². The highest BCUT2D eigenvalue weighted by molar-refractivity contribution is 5.93. The molecular weight excluding hydrogens is 258 g/mol. The SMILES string of the molecule is Cc1cnc(C2CN(C(=O)c3cnn(C)c3)CCO2)[nH]1. The molecule has 20 heavy (non-hydrogen) atoms. The van der Waals surface area contributed by atoms with Gasteiger partial charge in [0.2, 0.25) is 0 Å². The molecule has 1 aliphatic rings. The third kappa shape index (κ3) is 2.44. The van der Waals surface area contributed by atoms with Crippen molar-refractivity contribution in [2.24, 2.45) is 7.05 Å². The standard InChI is InChI=1S/C13H17N5O2/c1-9-5-14-12(16-9)11-8-18(3-4-20-11)13(19)10-6-15-17(2)7-10/h5-7,11H,3-4,8H2,1-2H3,(H,14,16). The number of hydrogen-bond acceptors (Lipinski definition) is 4. The maximum atomic E-state index is 12.4. The van der Waals surface area contributed by atoms with Crippen LogP contribution in [0.3, 0.4) is 0 Å². The number of carbonyl (C=O) groups excluding carboxylic acids is 1. The van der Waals surface area contributed by atoms with Gasteiger partial charge in [-0.05, 0) is 6.92 Å². The van der Waals surface area contributed by atoms with Crippen molar-refractivity contribution in [3.05, 3.63) is 35.7 Å². The number of nitrogens with zero attached hydrogens (tertiary/aromatic N) is 4. The Morgan fingerprint density at radius 1 is 1.50 bits per heavy atom. The van der Waals surface area contributed by atoms with E-state index in [9.17, 15) is 4.79 Å². The molecule has 2 aromatic rings. The zero-order chi connectivity index (χ0) is 14.1. The third-order valence-electron chi connectivity index (χ3n) is 3.33. The Hall–Kier alpha value is -2.15. The van der Waals surface area contributed by atoms with E-state index in [0.717, 1.165) is 11.5 Å². The van der Waals surface area contributed by atoms with Crippen LogP contribution in [0.1, 0.15) is 28.0 Å². The van der Waals surface area contributed by atoms with Crippen LogP contribution < -0.4 is 0 Å². The molecule has 106 valence electrons. The third-order valence-corrected chi connectivity index (χ3v) is 3.33. The van der Waals surface area contributed by atoms with Gasteiger partial charge in [0.05, 0.1) is 24.9 Å². The zero-order valence-electron chi connectivity index (χ0n) is 11.5. The lowest BCUT2D eigenvalue weighted by Gasteiger charge is -2.31. The Balaban J connectivity index is 1.73. The van der Waals surface area contributed by atoms with Gasteiger partial charge in [0.25, 0.3) is 5.91 Å². The lowest BCUT2D eigenvalue weighted by atomic mass is 10.2. The number of morpholine rings is 1. The minimum Gasteiger partial charge on any atom is -0.367 e. The van der Waals surface area contributed by atoms with Crippen LogP contribution in [-0.4, -0.2) is 50.3 Å². The van der Waals surface area contributed by atoms with Crippen molar-refractivity contribution in [1.29, 1.82) is 0 Å². The van der Waals surface area contributed by atoms with E-state index in [4.69, 9.17) is 4.74 Å². The summed E-state index contributed by atoms with van der Waals surface area (Å²) in [5.41, 5.74) is 1.59. The second kappa shape index (κ2) is 5.09. The fourth-order valence-corrected chi connectivity index (χ4v) is 2.31. The predicted octanol–water partition coefficient (Wildman–Crippen LogP) is 0.665. The summed E-state index contributed by atoms with van der Waals surface area (Å²) in [7, 11) is 1.80. The number of rotatable bonds is 2. The van der Waals surface area contributed by atoms with Crippen LogP contribution in [0.25, 0.3) is 0 Å². The van der Waals surface area contributed by atoms with Crippen LogP contribution in [-0.2, 0) is 11.8 Å². The maximum absolute atomic E-state index is 12.4. The average molecular weight is 275 g/mol. The summed E-state index contributed by atoms with van der Waals surface area (Å²) in [6.45, 7) is 3.54. The molecule has 1 saturated heterocycles. The molecule has 1 fully saturated rings. The van der Waals surface area contributed by atoms with E-state index in [1.54, 1.807) is 35.2 Å². The van der Waals surface area contributed by atoms with Gasteiger partial charge in [-0.25, -0.2) is 4.98 Å². The summed E-state index contributed by atoms with van der Waals surface area (Å²) < 4.78 is 7.32. The van der Waals surface area contributed by atoms with Crippen molar-refractivity contribution in [1.82, 2.24) is 24.6 Å². The topological polar surface area (TPSA) is 76.0 Å². The second-order valence-corrected chi connectivity index (χ2v) is 4.96. The minimum atomic E-state index is -0.196. The monoisotopic (exact) mass is 275 g/mol. The van der Waals surface area contributed by atoms with Crippen molar-refractivity contribution >= 4 is 5.91 Å². The molecule has 3 rings (SSSR count). The first-order chi connectivity index (χ1) is 9.63. The van der Waals surface area contributed by atoms with Gasteiger partial charge in [-0.2, -0.15) is 5.10 Å².